The number of aromatic amines is 1. The van der Waals surface area contributed by atoms with E-state index in [9.17, 15) is 29.7 Å². The molecule has 55 heavy (non-hydrogen) atoms. The molecule has 0 unspecified atom stereocenters. The first-order valence-electron chi connectivity index (χ1n) is 19.6. The van der Waals surface area contributed by atoms with Crippen molar-refractivity contribution in [2.45, 2.75) is 88.5 Å². The zero-order valence-electron chi connectivity index (χ0n) is 31.7. The highest BCUT2D eigenvalue weighted by molar-refractivity contribution is 5.94. The summed E-state index contributed by atoms with van der Waals surface area (Å²) in [4.78, 5) is 43.3. The molecule has 1 aromatic heterocycles. The summed E-state index contributed by atoms with van der Waals surface area (Å²) in [5, 5.41) is 35.4. The Labute approximate surface area is 322 Å². The van der Waals surface area contributed by atoms with Crippen LogP contribution in [-0.2, 0) is 16.0 Å². The molecule has 2 aliphatic rings. The van der Waals surface area contributed by atoms with Crippen LogP contribution in [0.3, 0.4) is 0 Å². The molecule has 6 rings (SSSR count). The standard InChI is InChI=1S/C43H55N5O7/c1-47(23-5-6-28-11-18-34(30-7-3-2-4-8-30)37(24-28)48(43(53)54)32-14-12-31(44)13-15-32)41(52)27-55-33-16-9-29(10-17-33)25-45-26-39(50)35-19-21-38(49)42-36(35)20-22-40(51)46-42/h2-4,7-8,11,18-22,24,29,31-33,39,45,49-50H,5-6,9-10,12-17,23,25-27,44H2,1H3,(H,46,51)(H,53,54)/t29-,31-,32-,33-,39-/m0/s1. The lowest BCUT2D eigenvalue weighted by atomic mass is 9.87. The van der Waals surface area contributed by atoms with E-state index in [0.29, 0.717) is 47.6 Å². The van der Waals surface area contributed by atoms with Crippen LogP contribution in [0.2, 0.25) is 0 Å². The van der Waals surface area contributed by atoms with Gasteiger partial charge >= 0.3 is 6.09 Å². The zero-order valence-corrected chi connectivity index (χ0v) is 31.7. The number of nitrogens with two attached hydrogens (primary N) is 1. The number of carbonyl (C=O) groups excluding carboxylic acids is 1. The quantitative estimate of drug-likeness (QED) is 0.0856. The maximum atomic E-state index is 13.0. The molecule has 3 aromatic carbocycles. The van der Waals surface area contributed by atoms with Gasteiger partial charge in [0.1, 0.15) is 12.4 Å². The van der Waals surface area contributed by atoms with Crippen LogP contribution in [-0.4, -0.2) is 88.7 Å². The van der Waals surface area contributed by atoms with Gasteiger partial charge in [0, 0.05) is 49.2 Å². The fourth-order valence-electron chi connectivity index (χ4n) is 8.14. The monoisotopic (exact) mass is 753 g/mol. The molecule has 2 aliphatic carbocycles. The first kappa shape index (κ1) is 39.9. The molecule has 0 radical (unpaired) electrons. The normalized spacial score (nSPS) is 20.6. The Morgan fingerprint density at radius 3 is 2.44 bits per heavy atom. The van der Waals surface area contributed by atoms with Gasteiger partial charge in [-0.25, -0.2) is 4.79 Å². The largest absolute Gasteiger partial charge is 0.506 e. The summed E-state index contributed by atoms with van der Waals surface area (Å²) in [6.45, 7) is 1.69. The number of hydrogen-bond donors (Lipinski definition) is 6. The van der Waals surface area contributed by atoms with Gasteiger partial charge in [0.25, 0.3) is 0 Å². The molecule has 7 N–H and O–H groups in total. The second kappa shape index (κ2) is 18.7. The Balaban J connectivity index is 0.936. The Morgan fingerprint density at radius 2 is 1.71 bits per heavy atom. The molecular formula is C43H55N5O7. The highest BCUT2D eigenvalue weighted by atomic mass is 16.5. The van der Waals surface area contributed by atoms with Crippen LogP contribution < -0.4 is 21.5 Å². The number of anilines is 1. The van der Waals surface area contributed by atoms with Crippen molar-refractivity contribution in [1.29, 1.82) is 0 Å². The number of rotatable bonds is 15. The first-order valence-corrected chi connectivity index (χ1v) is 19.6. The molecule has 4 aromatic rings. The average molecular weight is 754 g/mol. The van der Waals surface area contributed by atoms with Crippen LogP contribution in [0.25, 0.3) is 22.0 Å². The summed E-state index contributed by atoms with van der Waals surface area (Å²) in [5.41, 5.74) is 10.4. The van der Waals surface area contributed by atoms with Crippen LogP contribution in [0.15, 0.2) is 77.6 Å². The number of ether oxygens (including phenoxy) is 1. The van der Waals surface area contributed by atoms with Gasteiger partial charge in [0.15, 0.2) is 0 Å². The van der Waals surface area contributed by atoms with Crippen molar-refractivity contribution in [3.05, 3.63) is 94.3 Å². The third kappa shape index (κ3) is 10.3. The van der Waals surface area contributed by atoms with E-state index in [1.165, 1.54) is 12.1 Å². The summed E-state index contributed by atoms with van der Waals surface area (Å²) in [7, 11) is 1.80. The average Bonchev–Trinajstić information content (AvgIpc) is 3.19. The van der Waals surface area contributed by atoms with Gasteiger partial charge in [-0.15, -0.1) is 0 Å². The van der Waals surface area contributed by atoms with Gasteiger partial charge in [0.05, 0.1) is 23.4 Å². The van der Waals surface area contributed by atoms with Crippen molar-refractivity contribution in [1.82, 2.24) is 15.2 Å². The first-order chi connectivity index (χ1) is 26.6. The molecule has 294 valence electrons. The lowest BCUT2D eigenvalue weighted by Crippen LogP contribution is -2.44. The summed E-state index contributed by atoms with van der Waals surface area (Å²) in [6.07, 6.45) is 6.42. The number of carboxylic acid groups (broad SMARTS) is 1. The van der Waals surface area contributed by atoms with Crippen molar-refractivity contribution < 1.29 is 29.6 Å². The number of likely N-dealkylation sites (N-methyl/N-ethyl adjacent to an activating group) is 1. The fraction of sp³-hybridized carbons (Fsp3) is 0.465. The molecule has 2 fully saturated rings. The number of pyridine rings is 1. The number of nitrogens with one attached hydrogen (secondary N) is 2. The highest BCUT2D eigenvalue weighted by Gasteiger charge is 2.31. The molecule has 2 amide bonds. The topological polar surface area (TPSA) is 181 Å². The third-order valence-corrected chi connectivity index (χ3v) is 11.4. The fourth-order valence-corrected chi connectivity index (χ4v) is 8.14. The minimum atomic E-state index is -0.956. The molecule has 2 saturated carbocycles. The van der Waals surface area contributed by atoms with Crippen LogP contribution >= 0.6 is 0 Å². The summed E-state index contributed by atoms with van der Waals surface area (Å²) < 4.78 is 6.06. The summed E-state index contributed by atoms with van der Waals surface area (Å²) in [5.74, 6) is 0.341. The van der Waals surface area contributed by atoms with Gasteiger partial charge in [-0.05, 0) is 112 Å². The molecule has 12 heteroatoms. The van der Waals surface area contributed by atoms with Crippen LogP contribution in [0.4, 0.5) is 10.5 Å². The minimum Gasteiger partial charge on any atom is -0.506 e. The van der Waals surface area contributed by atoms with Crippen LogP contribution in [0.5, 0.6) is 5.75 Å². The number of fused-ring (bicyclic) bond motifs is 1. The van der Waals surface area contributed by atoms with E-state index in [1.807, 2.05) is 42.5 Å². The van der Waals surface area contributed by atoms with Gasteiger partial charge in [-0.3, -0.25) is 14.5 Å². The molecule has 0 saturated heterocycles. The Morgan fingerprint density at radius 1 is 0.964 bits per heavy atom. The number of aryl methyl sites for hydroxylation is 1. The number of aromatic nitrogens is 1. The summed E-state index contributed by atoms with van der Waals surface area (Å²) >= 11 is 0. The molecule has 1 atom stereocenters. The zero-order chi connectivity index (χ0) is 38.9. The van der Waals surface area contributed by atoms with Crippen molar-refractivity contribution in [3.8, 4) is 16.9 Å². The minimum absolute atomic E-state index is 0.0309. The third-order valence-electron chi connectivity index (χ3n) is 11.4. The number of phenols is 1. The van der Waals surface area contributed by atoms with E-state index in [0.717, 1.165) is 81.0 Å². The van der Waals surface area contributed by atoms with E-state index >= 15 is 0 Å². The van der Waals surface area contributed by atoms with E-state index in [2.05, 4.69) is 16.4 Å². The number of hydrogen-bond acceptors (Lipinski definition) is 8. The smallest absolute Gasteiger partial charge is 0.412 e. The number of H-pyrrole nitrogens is 1. The molecule has 12 nitrogen and oxygen atoms in total. The molecular weight excluding hydrogens is 699 g/mol. The number of nitrogens with zero attached hydrogens (tertiary/aromatic N) is 2. The number of carbonyl (C=O) groups is 2. The van der Waals surface area contributed by atoms with Gasteiger partial charge < -0.3 is 41.0 Å². The van der Waals surface area contributed by atoms with Crippen molar-refractivity contribution >= 4 is 28.6 Å². The number of aliphatic hydroxyl groups excluding tert-OH is 1. The number of aromatic hydroxyl groups is 1. The number of aliphatic hydroxyl groups is 1. The number of benzene rings is 3. The lowest BCUT2D eigenvalue weighted by Gasteiger charge is -2.35. The van der Waals surface area contributed by atoms with Gasteiger partial charge in [-0.1, -0.05) is 48.5 Å². The molecule has 0 spiro atoms. The van der Waals surface area contributed by atoms with E-state index < -0.39 is 12.2 Å². The highest BCUT2D eigenvalue weighted by Crippen LogP contribution is 2.37. The van der Waals surface area contributed by atoms with Crippen LogP contribution in [0, 0.1) is 5.92 Å². The maximum Gasteiger partial charge on any atom is 0.412 e. The second-order valence-electron chi connectivity index (χ2n) is 15.3. The van der Waals surface area contributed by atoms with Crippen LogP contribution in [0.1, 0.15) is 75.0 Å². The molecule has 1 heterocycles. The maximum absolute atomic E-state index is 13.0. The Hall–Kier alpha value is -4.75. The predicted molar refractivity (Wildman–Crippen MR) is 214 cm³/mol. The lowest BCUT2D eigenvalue weighted by molar-refractivity contribution is -0.137. The second-order valence-corrected chi connectivity index (χ2v) is 15.3. The molecule has 0 aliphatic heterocycles. The van der Waals surface area contributed by atoms with Crippen molar-refractivity contribution in [2.75, 3.05) is 38.2 Å². The Bertz CT molecular complexity index is 1950. The van der Waals surface area contributed by atoms with Gasteiger partial charge in [0.2, 0.25) is 11.5 Å². The predicted octanol–water partition coefficient (Wildman–Crippen LogP) is 5.94. The van der Waals surface area contributed by atoms with Crippen molar-refractivity contribution in [3.63, 3.8) is 0 Å². The van der Waals surface area contributed by atoms with Crippen molar-refractivity contribution in [2.24, 2.45) is 11.7 Å². The van der Waals surface area contributed by atoms with E-state index in [4.69, 9.17) is 10.5 Å². The number of phenolic OH excluding ortho intramolecular Hbond substituents is 1. The van der Waals surface area contributed by atoms with E-state index in [1.54, 1.807) is 29.0 Å². The summed E-state index contributed by atoms with van der Waals surface area (Å²) in [6, 6.07) is 22.1. The number of amides is 2. The Kier molecular flexibility index (Phi) is 13.6. The SMILES string of the molecule is CN(CCCc1ccc(-c2ccccc2)c(N(C(=O)O)[C@H]2CC[C@H](N)CC2)c1)C(=O)CO[C@H]1CC[C@H](CNC[C@H](O)c2ccc(O)c3[nH]c(=O)ccc23)CC1. The molecule has 0 bridgehead atoms. The van der Waals surface area contributed by atoms with Gasteiger partial charge in [-0.2, -0.15) is 0 Å². The van der Waals surface area contributed by atoms with E-state index in [-0.39, 0.29) is 42.0 Å².